The molecule has 0 spiro atoms. The summed E-state index contributed by atoms with van der Waals surface area (Å²) in [6.45, 7) is 2.52. The zero-order valence-electron chi connectivity index (χ0n) is 14.3. The molecule has 7 nitrogen and oxygen atoms in total. The SMILES string of the molecule is C[C@H](NC(=O)C1CCCC1)C(=O)Nc1cccc(N2CCOC2=O)c1. The summed E-state index contributed by atoms with van der Waals surface area (Å²) in [6, 6.07) is 6.39. The molecule has 2 N–H and O–H groups in total. The van der Waals surface area contributed by atoms with Crippen LogP contribution >= 0.6 is 0 Å². The van der Waals surface area contributed by atoms with E-state index in [4.69, 9.17) is 4.74 Å². The van der Waals surface area contributed by atoms with Crippen LogP contribution in [0.4, 0.5) is 16.2 Å². The number of nitrogens with zero attached hydrogens (tertiary/aromatic N) is 1. The van der Waals surface area contributed by atoms with Gasteiger partial charge in [-0.15, -0.1) is 0 Å². The first-order valence-electron chi connectivity index (χ1n) is 8.70. The number of hydrogen-bond acceptors (Lipinski definition) is 4. The normalized spacial score (nSPS) is 18.8. The minimum atomic E-state index is -0.617. The molecule has 1 saturated carbocycles. The maximum Gasteiger partial charge on any atom is 0.414 e. The fourth-order valence-corrected chi connectivity index (χ4v) is 3.21. The Kier molecular flexibility index (Phi) is 5.21. The Hall–Kier alpha value is -2.57. The van der Waals surface area contributed by atoms with E-state index < -0.39 is 6.04 Å². The van der Waals surface area contributed by atoms with Gasteiger partial charge in [0.1, 0.15) is 12.6 Å². The molecule has 2 aliphatic rings. The molecule has 7 heteroatoms. The minimum Gasteiger partial charge on any atom is -0.447 e. The predicted molar refractivity (Wildman–Crippen MR) is 93.3 cm³/mol. The monoisotopic (exact) mass is 345 g/mol. The highest BCUT2D eigenvalue weighted by Crippen LogP contribution is 2.25. The van der Waals surface area contributed by atoms with E-state index in [0.29, 0.717) is 24.5 Å². The van der Waals surface area contributed by atoms with Crippen molar-refractivity contribution in [2.45, 2.75) is 38.6 Å². The molecular weight excluding hydrogens is 322 g/mol. The van der Waals surface area contributed by atoms with Crippen molar-refractivity contribution in [2.75, 3.05) is 23.4 Å². The van der Waals surface area contributed by atoms with Gasteiger partial charge in [-0.2, -0.15) is 0 Å². The van der Waals surface area contributed by atoms with Crippen molar-refractivity contribution in [3.63, 3.8) is 0 Å². The Morgan fingerprint density at radius 1 is 1.28 bits per heavy atom. The van der Waals surface area contributed by atoms with Gasteiger partial charge in [-0.3, -0.25) is 14.5 Å². The molecule has 1 aliphatic carbocycles. The van der Waals surface area contributed by atoms with Crippen LogP contribution in [0.15, 0.2) is 24.3 Å². The lowest BCUT2D eigenvalue weighted by Gasteiger charge is -2.18. The van der Waals surface area contributed by atoms with E-state index in [1.54, 1.807) is 31.2 Å². The van der Waals surface area contributed by atoms with Crippen LogP contribution in [0.2, 0.25) is 0 Å². The first-order valence-corrected chi connectivity index (χ1v) is 8.70. The molecule has 0 bridgehead atoms. The molecule has 0 radical (unpaired) electrons. The number of hydrogen-bond donors (Lipinski definition) is 2. The number of carbonyl (C=O) groups is 3. The van der Waals surface area contributed by atoms with E-state index in [0.717, 1.165) is 25.7 Å². The molecule has 134 valence electrons. The Bertz CT molecular complexity index is 670. The molecule has 1 atom stereocenters. The second kappa shape index (κ2) is 7.55. The lowest BCUT2D eigenvalue weighted by Crippen LogP contribution is -2.43. The Morgan fingerprint density at radius 3 is 2.72 bits per heavy atom. The topological polar surface area (TPSA) is 87.7 Å². The van der Waals surface area contributed by atoms with Crippen LogP contribution in [0.3, 0.4) is 0 Å². The molecule has 1 saturated heterocycles. The molecule has 0 aromatic heterocycles. The zero-order valence-corrected chi connectivity index (χ0v) is 14.3. The molecule has 1 aliphatic heterocycles. The number of anilines is 2. The lowest BCUT2D eigenvalue weighted by molar-refractivity contribution is -0.128. The lowest BCUT2D eigenvalue weighted by atomic mass is 10.1. The first kappa shape index (κ1) is 17.3. The van der Waals surface area contributed by atoms with Gasteiger partial charge in [0, 0.05) is 17.3 Å². The third kappa shape index (κ3) is 4.10. The van der Waals surface area contributed by atoms with Gasteiger partial charge in [0.25, 0.3) is 0 Å². The van der Waals surface area contributed by atoms with Gasteiger partial charge in [-0.05, 0) is 38.0 Å². The van der Waals surface area contributed by atoms with Crippen molar-refractivity contribution in [1.29, 1.82) is 0 Å². The van der Waals surface area contributed by atoms with Crippen molar-refractivity contribution < 1.29 is 19.1 Å². The van der Waals surface area contributed by atoms with Crippen LogP contribution in [-0.4, -0.2) is 37.1 Å². The number of carbonyl (C=O) groups excluding carboxylic acids is 3. The van der Waals surface area contributed by atoms with Crippen LogP contribution in [0, 0.1) is 5.92 Å². The molecular formula is C18H23N3O4. The standard InChI is InChI=1S/C18H23N3O4/c1-12(19-17(23)13-5-2-3-6-13)16(22)20-14-7-4-8-15(11-14)21-9-10-25-18(21)24/h4,7-8,11-13H,2-3,5-6,9-10H2,1H3,(H,19,23)(H,20,22)/t12-/m0/s1. The number of ether oxygens (including phenoxy) is 1. The highest BCUT2D eigenvalue weighted by molar-refractivity contribution is 5.98. The van der Waals surface area contributed by atoms with E-state index in [1.807, 2.05) is 0 Å². The summed E-state index contributed by atoms with van der Waals surface area (Å²) in [5.74, 6) is -0.305. The fraction of sp³-hybridized carbons (Fsp3) is 0.500. The fourth-order valence-electron chi connectivity index (χ4n) is 3.21. The molecule has 25 heavy (non-hydrogen) atoms. The van der Waals surface area contributed by atoms with Gasteiger partial charge in [-0.1, -0.05) is 18.9 Å². The molecule has 3 rings (SSSR count). The van der Waals surface area contributed by atoms with Crippen molar-refractivity contribution in [2.24, 2.45) is 5.92 Å². The minimum absolute atomic E-state index is 0.0276. The third-order valence-electron chi connectivity index (χ3n) is 4.66. The van der Waals surface area contributed by atoms with Gasteiger partial charge >= 0.3 is 6.09 Å². The maximum atomic E-state index is 12.3. The van der Waals surface area contributed by atoms with Gasteiger partial charge in [0.15, 0.2) is 0 Å². The third-order valence-corrected chi connectivity index (χ3v) is 4.66. The molecule has 1 aromatic carbocycles. The van der Waals surface area contributed by atoms with E-state index in [2.05, 4.69) is 10.6 Å². The quantitative estimate of drug-likeness (QED) is 0.857. The van der Waals surface area contributed by atoms with Crippen LogP contribution in [0.25, 0.3) is 0 Å². The van der Waals surface area contributed by atoms with Gasteiger partial charge in [0.05, 0.1) is 6.54 Å². The van der Waals surface area contributed by atoms with Crippen molar-refractivity contribution in [1.82, 2.24) is 5.32 Å². The summed E-state index contributed by atoms with van der Waals surface area (Å²) in [7, 11) is 0. The Labute approximate surface area is 146 Å². The summed E-state index contributed by atoms with van der Waals surface area (Å²) >= 11 is 0. The van der Waals surface area contributed by atoms with Crippen molar-refractivity contribution in [3.8, 4) is 0 Å². The highest BCUT2D eigenvalue weighted by Gasteiger charge is 2.26. The smallest absolute Gasteiger partial charge is 0.414 e. The van der Waals surface area contributed by atoms with E-state index in [-0.39, 0.29) is 23.8 Å². The first-order chi connectivity index (χ1) is 12.0. The molecule has 0 unspecified atom stereocenters. The van der Waals surface area contributed by atoms with Gasteiger partial charge < -0.3 is 15.4 Å². The molecule has 3 amide bonds. The van der Waals surface area contributed by atoms with E-state index >= 15 is 0 Å². The predicted octanol–water partition coefficient (Wildman–Crippen LogP) is 2.28. The molecule has 2 fully saturated rings. The number of rotatable bonds is 5. The van der Waals surface area contributed by atoms with Crippen LogP contribution < -0.4 is 15.5 Å². The van der Waals surface area contributed by atoms with Gasteiger partial charge in [0.2, 0.25) is 11.8 Å². The van der Waals surface area contributed by atoms with Gasteiger partial charge in [-0.25, -0.2) is 4.79 Å². The zero-order chi connectivity index (χ0) is 17.8. The van der Waals surface area contributed by atoms with Crippen molar-refractivity contribution in [3.05, 3.63) is 24.3 Å². The second-order valence-corrected chi connectivity index (χ2v) is 6.52. The maximum absolute atomic E-state index is 12.3. The summed E-state index contributed by atoms with van der Waals surface area (Å²) in [4.78, 5) is 37.6. The molecule has 1 heterocycles. The van der Waals surface area contributed by atoms with Crippen LogP contribution in [0.1, 0.15) is 32.6 Å². The number of benzene rings is 1. The van der Waals surface area contributed by atoms with E-state index in [9.17, 15) is 14.4 Å². The summed E-state index contributed by atoms with van der Waals surface area (Å²) in [5.41, 5.74) is 1.24. The summed E-state index contributed by atoms with van der Waals surface area (Å²) in [6.07, 6.45) is 3.55. The van der Waals surface area contributed by atoms with Crippen molar-refractivity contribution >= 4 is 29.3 Å². The Morgan fingerprint density at radius 2 is 2.04 bits per heavy atom. The average molecular weight is 345 g/mol. The van der Waals surface area contributed by atoms with Crippen LogP contribution in [0.5, 0.6) is 0 Å². The average Bonchev–Trinajstić information content (AvgIpc) is 3.26. The number of nitrogens with one attached hydrogen (secondary N) is 2. The molecule has 1 aromatic rings. The highest BCUT2D eigenvalue weighted by atomic mass is 16.6. The summed E-state index contributed by atoms with van der Waals surface area (Å²) < 4.78 is 4.92. The van der Waals surface area contributed by atoms with E-state index in [1.165, 1.54) is 4.90 Å². The van der Waals surface area contributed by atoms with Crippen LogP contribution in [-0.2, 0) is 14.3 Å². The number of amides is 3. The number of cyclic esters (lactones) is 1. The largest absolute Gasteiger partial charge is 0.447 e. The summed E-state index contributed by atoms with van der Waals surface area (Å²) in [5, 5.41) is 5.57. The Balaban J connectivity index is 1.58. The second-order valence-electron chi connectivity index (χ2n) is 6.52.